The molecule has 35 heavy (non-hydrogen) atoms. The Kier molecular flexibility index (Phi) is 7.43. The first-order valence-corrected chi connectivity index (χ1v) is 11.3. The van der Waals surface area contributed by atoms with E-state index in [1.165, 1.54) is 33.9 Å². The lowest BCUT2D eigenvalue weighted by atomic mass is 10.1. The molecule has 1 aromatic heterocycles. The van der Waals surface area contributed by atoms with Gasteiger partial charge in [0, 0.05) is 34.8 Å². The van der Waals surface area contributed by atoms with Gasteiger partial charge in [0.15, 0.2) is 0 Å². The lowest BCUT2D eigenvalue weighted by Gasteiger charge is -2.25. The number of halogens is 1. The van der Waals surface area contributed by atoms with Crippen molar-refractivity contribution in [2.45, 2.75) is 53.2 Å². The number of hydrogen-bond acceptors (Lipinski definition) is 4. The smallest absolute Gasteiger partial charge is 0.419 e. The predicted molar refractivity (Wildman–Crippen MR) is 133 cm³/mol. The number of aryl methyl sites for hydroxylation is 1. The molecule has 0 aliphatic carbocycles. The summed E-state index contributed by atoms with van der Waals surface area (Å²) in [6, 6.07) is 10.5. The van der Waals surface area contributed by atoms with Crippen molar-refractivity contribution in [2.24, 2.45) is 0 Å². The second-order valence-electron chi connectivity index (χ2n) is 9.54. The molecule has 0 spiro atoms. The molecule has 0 saturated heterocycles. The van der Waals surface area contributed by atoms with E-state index in [9.17, 15) is 18.8 Å². The summed E-state index contributed by atoms with van der Waals surface area (Å²) < 4.78 is 20.4. The Bertz CT molecular complexity index is 1300. The van der Waals surface area contributed by atoms with Crippen LogP contribution in [-0.4, -0.2) is 39.1 Å². The molecule has 0 aliphatic heterocycles. The summed E-state index contributed by atoms with van der Waals surface area (Å²) in [6.45, 7) is 10.8. The first-order chi connectivity index (χ1) is 16.4. The zero-order chi connectivity index (χ0) is 25.9. The van der Waals surface area contributed by atoms with Gasteiger partial charge in [0.2, 0.25) is 0 Å². The van der Waals surface area contributed by atoms with Gasteiger partial charge in [-0.2, -0.15) is 0 Å². The van der Waals surface area contributed by atoms with Gasteiger partial charge in [0.25, 0.3) is 11.8 Å². The molecule has 8 heteroatoms. The molecule has 7 nitrogen and oxygen atoms in total. The van der Waals surface area contributed by atoms with Crippen molar-refractivity contribution in [3.8, 4) is 0 Å². The Labute approximate surface area is 204 Å². The summed E-state index contributed by atoms with van der Waals surface area (Å²) in [6.07, 6.45) is 4.00. The molecule has 0 atom stereocenters. The van der Waals surface area contributed by atoms with Crippen molar-refractivity contribution < 1.29 is 23.5 Å². The average Bonchev–Trinajstić information content (AvgIpc) is 3.12. The van der Waals surface area contributed by atoms with Gasteiger partial charge < -0.3 is 4.74 Å². The molecule has 2 aromatic carbocycles. The van der Waals surface area contributed by atoms with Crippen LogP contribution in [-0.2, 0) is 9.53 Å². The summed E-state index contributed by atoms with van der Waals surface area (Å²) in [5.41, 5.74) is 4.24. The largest absolute Gasteiger partial charge is 0.443 e. The highest BCUT2D eigenvalue weighted by atomic mass is 19.1. The summed E-state index contributed by atoms with van der Waals surface area (Å²) >= 11 is 0. The summed E-state index contributed by atoms with van der Waals surface area (Å²) in [4.78, 5) is 38.3. The molecule has 0 unspecified atom stereocenters. The Balaban J connectivity index is 1.89. The molecule has 3 aromatic rings. The van der Waals surface area contributed by atoms with Crippen molar-refractivity contribution >= 4 is 34.9 Å². The molecule has 0 fully saturated rings. The standard InChI is InChI=1S/C27H30FN3O4/c1-17(2)31(29-25(33)19-8-7-9-21(28)15-19)24(32)13-11-20-16-30(26(34)35-27(4,5)6)23-14-18(3)10-12-22(20)23/h7-17H,1-6H3,(H,29,33)/b13-11+. The highest BCUT2D eigenvalue weighted by Gasteiger charge is 2.22. The Hall–Kier alpha value is -3.94. The quantitative estimate of drug-likeness (QED) is 0.398. The fourth-order valence-corrected chi connectivity index (χ4v) is 3.44. The van der Waals surface area contributed by atoms with Crippen LogP contribution in [0.4, 0.5) is 9.18 Å². The molecule has 0 saturated carbocycles. The van der Waals surface area contributed by atoms with Gasteiger partial charge in [-0.1, -0.05) is 18.2 Å². The van der Waals surface area contributed by atoms with E-state index in [4.69, 9.17) is 4.74 Å². The Morgan fingerprint density at radius 1 is 1.11 bits per heavy atom. The van der Waals surface area contributed by atoms with Gasteiger partial charge in [-0.3, -0.25) is 19.6 Å². The monoisotopic (exact) mass is 479 g/mol. The van der Waals surface area contributed by atoms with Crippen LogP contribution < -0.4 is 5.43 Å². The minimum Gasteiger partial charge on any atom is -0.443 e. The molecule has 3 rings (SSSR count). The number of rotatable bonds is 4. The van der Waals surface area contributed by atoms with Crippen molar-refractivity contribution in [1.29, 1.82) is 0 Å². The molecule has 2 amide bonds. The van der Waals surface area contributed by atoms with E-state index in [1.807, 2.05) is 25.1 Å². The molecule has 1 N–H and O–H groups in total. The number of benzene rings is 2. The number of hydrazine groups is 1. The number of aromatic nitrogens is 1. The lowest BCUT2D eigenvalue weighted by molar-refractivity contribution is -0.130. The number of hydrogen-bond donors (Lipinski definition) is 1. The third kappa shape index (κ3) is 6.35. The van der Waals surface area contributed by atoms with E-state index in [0.29, 0.717) is 11.1 Å². The molecule has 0 aliphatic rings. The zero-order valence-corrected chi connectivity index (χ0v) is 20.8. The summed E-state index contributed by atoms with van der Waals surface area (Å²) in [7, 11) is 0. The van der Waals surface area contributed by atoms with Crippen molar-refractivity contribution in [1.82, 2.24) is 15.0 Å². The van der Waals surface area contributed by atoms with E-state index in [2.05, 4.69) is 5.43 Å². The van der Waals surface area contributed by atoms with Crippen LogP contribution in [0.25, 0.3) is 17.0 Å². The highest BCUT2D eigenvalue weighted by Crippen LogP contribution is 2.25. The fourth-order valence-electron chi connectivity index (χ4n) is 3.44. The fraction of sp³-hybridized carbons (Fsp3) is 0.296. The average molecular weight is 480 g/mol. The molecular weight excluding hydrogens is 449 g/mol. The topological polar surface area (TPSA) is 80.6 Å². The van der Waals surface area contributed by atoms with Crippen LogP contribution in [0.5, 0.6) is 0 Å². The molecule has 0 bridgehead atoms. The number of nitrogens with zero attached hydrogens (tertiary/aromatic N) is 2. The van der Waals surface area contributed by atoms with Crippen LogP contribution >= 0.6 is 0 Å². The van der Waals surface area contributed by atoms with Crippen LogP contribution in [0.15, 0.2) is 54.7 Å². The molecule has 0 radical (unpaired) electrons. The Morgan fingerprint density at radius 2 is 1.83 bits per heavy atom. The number of carbonyl (C=O) groups excluding carboxylic acids is 3. The molecular formula is C27H30FN3O4. The van der Waals surface area contributed by atoms with Gasteiger partial charge in [-0.05, 0) is 77.4 Å². The van der Waals surface area contributed by atoms with Gasteiger partial charge in [0.05, 0.1) is 5.52 Å². The summed E-state index contributed by atoms with van der Waals surface area (Å²) in [5.74, 6) is -1.62. The van der Waals surface area contributed by atoms with Crippen molar-refractivity contribution in [3.63, 3.8) is 0 Å². The maximum atomic E-state index is 13.5. The molecule has 184 valence electrons. The van der Waals surface area contributed by atoms with Gasteiger partial charge in [-0.25, -0.2) is 14.2 Å². The SMILES string of the molecule is Cc1ccc2c(/C=C/C(=O)N(NC(=O)c3cccc(F)c3)C(C)C)cn(C(=O)OC(C)(C)C)c2c1. The zero-order valence-electron chi connectivity index (χ0n) is 20.8. The number of nitrogens with one attached hydrogen (secondary N) is 1. The van der Waals surface area contributed by atoms with E-state index < -0.39 is 29.3 Å². The van der Waals surface area contributed by atoms with E-state index in [-0.39, 0.29) is 11.6 Å². The lowest BCUT2D eigenvalue weighted by Crippen LogP contribution is -2.49. The van der Waals surface area contributed by atoms with Crippen LogP contribution in [0.3, 0.4) is 0 Å². The number of carbonyl (C=O) groups is 3. The molecule has 1 heterocycles. The second kappa shape index (κ2) is 10.1. The summed E-state index contributed by atoms with van der Waals surface area (Å²) in [5, 5.41) is 1.94. The van der Waals surface area contributed by atoms with Crippen LogP contribution in [0, 0.1) is 12.7 Å². The van der Waals surface area contributed by atoms with Gasteiger partial charge in [-0.15, -0.1) is 0 Å². The van der Waals surface area contributed by atoms with Crippen LogP contribution in [0.1, 0.15) is 56.1 Å². The van der Waals surface area contributed by atoms with E-state index in [0.717, 1.165) is 17.0 Å². The van der Waals surface area contributed by atoms with Gasteiger partial charge >= 0.3 is 6.09 Å². The number of fused-ring (bicyclic) bond motifs is 1. The van der Waals surface area contributed by atoms with Gasteiger partial charge in [0.1, 0.15) is 11.4 Å². The minimum absolute atomic E-state index is 0.100. The minimum atomic E-state index is -0.666. The van der Waals surface area contributed by atoms with Crippen molar-refractivity contribution in [2.75, 3.05) is 0 Å². The van der Waals surface area contributed by atoms with Crippen molar-refractivity contribution in [3.05, 3.63) is 77.2 Å². The third-order valence-electron chi connectivity index (χ3n) is 5.05. The maximum absolute atomic E-state index is 13.5. The van der Waals surface area contributed by atoms with Crippen LogP contribution in [0.2, 0.25) is 0 Å². The second-order valence-corrected chi connectivity index (χ2v) is 9.54. The number of amides is 2. The highest BCUT2D eigenvalue weighted by molar-refractivity contribution is 6.01. The first kappa shape index (κ1) is 25.7. The first-order valence-electron chi connectivity index (χ1n) is 11.3. The van der Waals surface area contributed by atoms with E-state index in [1.54, 1.807) is 46.9 Å². The normalized spacial score (nSPS) is 11.8. The number of ether oxygens (including phenoxy) is 1. The maximum Gasteiger partial charge on any atom is 0.419 e. The van der Waals surface area contributed by atoms with E-state index >= 15 is 0 Å². The third-order valence-corrected chi connectivity index (χ3v) is 5.05. The predicted octanol–water partition coefficient (Wildman–Crippen LogP) is 5.47. The Morgan fingerprint density at radius 3 is 2.46 bits per heavy atom.